The number of guanidine groups is 1. The highest BCUT2D eigenvalue weighted by molar-refractivity contribution is 14.0. The van der Waals surface area contributed by atoms with Crippen LogP contribution in [0.25, 0.3) is 0 Å². The molecule has 148 valence electrons. The van der Waals surface area contributed by atoms with Crippen LogP contribution in [0.1, 0.15) is 55.8 Å². The molecule has 26 heavy (non-hydrogen) atoms. The topological polar surface area (TPSA) is 52.6 Å². The summed E-state index contributed by atoms with van der Waals surface area (Å²) in [5.41, 5.74) is 0. The van der Waals surface area contributed by atoms with Crippen molar-refractivity contribution in [2.75, 3.05) is 20.1 Å². The second-order valence-electron chi connectivity index (χ2n) is 7.30. The molecule has 0 amide bonds. The highest BCUT2D eigenvalue weighted by atomic mass is 127. The van der Waals surface area contributed by atoms with Crippen LogP contribution >= 0.6 is 35.3 Å². The average molecular weight is 491 g/mol. The number of piperidine rings is 2. The fourth-order valence-electron chi connectivity index (χ4n) is 4.14. The summed E-state index contributed by atoms with van der Waals surface area (Å²) >= 11 is 1.82. The van der Waals surface area contributed by atoms with Crippen molar-refractivity contribution in [3.63, 3.8) is 0 Å². The van der Waals surface area contributed by atoms with Crippen LogP contribution in [0.15, 0.2) is 11.2 Å². The molecule has 0 saturated carbocycles. The number of fused-ring (bicyclic) bond motifs is 2. The van der Waals surface area contributed by atoms with E-state index in [4.69, 9.17) is 4.99 Å². The van der Waals surface area contributed by atoms with E-state index in [1.165, 1.54) is 42.0 Å². The van der Waals surface area contributed by atoms with Gasteiger partial charge in [0.15, 0.2) is 5.96 Å². The number of hydrogen-bond donors (Lipinski definition) is 2. The molecule has 0 radical (unpaired) electrons. The second-order valence-corrected chi connectivity index (χ2v) is 8.50. The van der Waals surface area contributed by atoms with E-state index in [0.29, 0.717) is 6.04 Å². The Bertz CT molecular complexity index is 562. The summed E-state index contributed by atoms with van der Waals surface area (Å²) in [5.74, 6) is 0.974. The first kappa shape index (κ1) is 21.9. The minimum Gasteiger partial charge on any atom is -0.357 e. The summed E-state index contributed by atoms with van der Waals surface area (Å²) in [4.78, 5) is 13.3. The van der Waals surface area contributed by atoms with Crippen LogP contribution < -0.4 is 10.6 Å². The summed E-state index contributed by atoms with van der Waals surface area (Å²) in [7, 11) is 2.31. The average Bonchev–Trinajstić information content (AvgIpc) is 3.04. The maximum absolute atomic E-state index is 4.80. The van der Waals surface area contributed by atoms with Gasteiger partial charge in [0, 0.05) is 48.7 Å². The molecule has 1 aromatic rings. The zero-order valence-corrected chi connectivity index (χ0v) is 19.5. The maximum Gasteiger partial charge on any atom is 0.191 e. The molecule has 2 saturated heterocycles. The summed E-state index contributed by atoms with van der Waals surface area (Å²) in [6.07, 6.45) is 10.6. The van der Waals surface area contributed by atoms with Gasteiger partial charge >= 0.3 is 0 Å². The Hall–Kier alpha value is -0.410. The van der Waals surface area contributed by atoms with Gasteiger partial charge in [-0.2, -0.15) is 0 Å². The summed E-state index contributed by atoms with van der Waals surface area (Å²) < 4.78 is 0. The normalized spacial score (nSPS) is 26.3. The van der Waals surface area contributed by atoms with Crippen LogP contribution in [0.4, 0.5) is 0 Å². The van der Waals surface area contributed by atoms with E-state index in [1.807, 2.05) is 17.5 Å². The Kier molecular flexibility index (Phi) is 9.09. The van der Waals surface area contributed by atoms with Crippen LogP contribution in [-0.4, -0.2) is 54.1 Å². The summed E-state index contributed by atoms with van der Waals surface area (Å²) in [6, 6.07) is 2.04. The lowest BCUT2D eigenvalue weighted by atomic mass is 9.82. The molecule has 2 aliphatic heterocycles. The third-order valence-electron chi connectivity index (χ3n) is 5.57. The van der Waals surface area contributed by atoms with Crippen molar-refractivity contribution in [3.8, 4) is 0 Å². The molecule has 7 heteroatoms. The number of nitrogens with zero attached hydrogens (tertiary/aromatic N) is 3. The number of nitrogens with one attached hydrogen (secondary N) is 2. The number of thiazole rings is 1. The smallest absolute Gasteiger partial charge is 0.191 e. The fourth-order valence-corrected chi connectivity index (χ4v) is 4.99. The van der Waals surface area contributed by atoms with E-state index in [2.05, 4.69) is 41.4 Å². The van der Waals surface area contributed by atoms with Crippen molar-refractivity contribution in [2.45, 2.75) is 76.9 Å². The zero-order chi connectivity index (χ0) is 17.6. The number of rotatable bonds is 6. The first-order valence-corrected chi connectivity index (χ1v) is 10.7. The minimum absolute atomic E-state index is 0. The Morgan fingerprint density at radius 2 is 2.04 bits per heavy atom. The van der Waals surface area contributed by atoms with Gasteiger partial charge in [-0.1, -0.05) is 13.3 Å². The number of aliphatic imine (C=N–C) groups is 1. The Labute approximate surface area is 179 Å². The van der Waals surface area contributed by atoms with Gasteiger partial charge in [-0.15, -0.1) is 35.3 Å². The molecule has 2 unspecified atom stereocenters. The standard InChI is InChI=1S/C19H33N5S.HI/c1-4-17-13-22-18(25-17)9-10-21-19(20-5-2)23-14-11-15-7-6-8-16(12-14)24(15)3;/h13-16H,4-12H2,1-3H3,(H2,20,21,23);1H. The number of aromatic nitrogens is 1. The molecule has 2 N–H and O–H groups in total. The van der Waals surface area contributed by atoms with Crippen LogP contribution in [0.2, 0.25) is 0 Å². The molecule has 0 spiro atoms. The van der Waals surface area contributed by atoms with E-state index in [9.17, 15) is 0 Å². The molecule has 3 rings (SSSR count). The highest BCUT2D eigenvalue weighted by Crippen LogP contribution is 2.32. The lowest BCUT2D eigenvalue weighted by Crippen LogP contribution is -2.56. The Morgan fingerprint density at radius 3 is 2.65 bits per heavy atom. The van der Waals surface area contributed by atoms with Gasteiger partial charge in [-0.3, -0.25) is 4.99 Å². The van der Waals surface area contributed by atoms with Crippen LogP contribution in [-0.2, 0) is 12.8 Å². The van der Waals surface area contributed by atoms with Crippen molar-refractivity contribution in [1.29, 1.82) is 0 Å². The Balaban J connectivity index is 0.00000243. The largest absolute Gasteiger partial charge is 0.357 e. The SMILES string of the molecule is CCNC(=NCCc1ncc(CC)s1)NC1CC2CCCC(C1)N2C.I. The number of aryl methyl sites for hydroxylation is 1. The molecular weight excluding hydrogens is 457 g/mol. The predicted octanol–water partition coefficient (Wildman–Crippen LogP) is 3.44. The minimum atomic E-state index is 0. The molecule has 0 aliphatic carbocycles. The van der Waals surface area contributed by atoms with E-state index >= 15 is 0 Å². The fraction of sp³-hybridized carbons (Fsp3) is 0.789. The van der Waals surface area contributed by atoms with Gasteiger partial charge in [-0.05, 0) is 46.1 Å². The quantitative estimate of drug-likeness (QED) is 0.364. The molecule has 0 aromatic carbocycles. The van der Waals surface area contributed by atoms with Gasteiger partial charge in [0.05, 0.1) is 5.01 Å². The van der Waals surface area contributed by atoms with Gasteiger partial charge < -0.3 is 15.5 Å². The molecule has 2 aliphatic rings. The van der Waals surface area contributed by atoms with E-state index in [1.54, 1.807) is 0 Å². The first-order valence-electron chi connectivity index (χ1n) is 9.90. The number of hydrogen-bond acceptors (Lipinski definition) is 4. The third kappa shape index (κ3) is 5.79. The van der Waals surface area contributed by atoms with Crippen molar-refractivity contribution in [3.05, 3.63) is 16.1 Å². The van der Waals surface area contributed by atoms with Crippen molar-refractivity contribution in [2.24, 2.45) is 4.99 Å². The van der Waals surface area contributed by atoms with Crippen LogP contribution in [0.3, 0.4) is 0 Å². The van der Waals surface area contributed by atoms with E-state index < -0.39 is 0 Å². The monoisotopic (exact) mass is 491 g/mol. The van der Waals surface area contributed by atoms with Crippen molar-refractivity contribution >= 4 is 41.3 Å². The van der Waals surface area contributed by atoms with Gasteiger partial charge in [-0.25, -0.2) is 4.98 Å². The molecule has 3 heterocycles. The van der Waals surface area contributed by atoms with Crippen molar-refractivity contribution in [1.82, 2.24) is 20.5 Å². The maximum atomic E-state index is 4.80. The number of halogens is 1. The summed E-state index contributed by atoms with van der Waals surface area (Å²) in [5, 5.41) is 8.32. The molecule has 2 atom stereocenters. The lowest BCUT2D eigenvalue weighted by Gasteiger charge is -2.47. The van der Waals surface area contributed by atoms with Crippen molar-refractivity contribution < 1.29 is 0 Å². The van der Waals surface area contributed by atoms with Gasteiger partial charge in [0.2, 0.25) is 0 Å². The molecule has 5 nitrogen and oxygen atoms in total. The molecule has 1 aromatic heterocycles. The summed E-state index contributed by atoms with van der Waals surface area (Å²) in [6.45, 7) is 6.02. The second kappa shape index (κ2) is 10.8. The van der Waals surface area contributed by atoms with Crippen LogP contribution in [0.5, 0.6) is 0 Å². The third-order valence-corrected chi connectivity index (χ3v) is 6.77. The first-order chi connectivity index (χ1) is 12.2. The van der Waals surface area contributed by atoms with E-state index in [-0.39, 0.29) is 24.0 Å². The predicted molar refractivity (Wildman–Crippen MR) is 122 cm³/mol. The highest BCUT2D eigenvalue weighted by Gasteiger charge is 2.36. The lowest BCUT2D eigenvalue weighted by molar-refractivity contribution is 0.0526. The zero-order valence-electron chi connectivity index (χ0n) is 16.3. The van der Waals surface area contributed by atoms with Crippen LogP contribution in [0, 0.1) is 0 Å². The van der Waals surface area contributed by atoms with Gasteiger partial charge in [0.25, 0.3) is 0 Å². The molecule has 2 bridgehead atoms. The molecular formula is C19H34IN5S. The Morgan fingerprint density at radius 1 is 1.31 bits per heavy atom. The van der Waals surface area contributed by atoms with E-state index in [0.717, 1.165) is 44.0 Å². The molecule has 2 fully saturated rings. The van der Waals surface area contributed by atoms with Gasteiger partial charge in [0.1, 0.15) is 0 Å².